The van der Waals surface area contributed by atoms with Gasteiger partial charge >= 0.3 is 0 Å². The van der Waals surface area contributed by atoms with E-state index in [0.29, 0.717) is 27.9 Å². The highest BCUT2D eigenvalue weighted by Crippen LogP contribution is 2.26. The van der Waals surface area contributed by atoms with E-state index in [1.165, 1.54) is 19.2 Å². The summed E-state index contributed by atoms with van der Waals surface area (Å²) < 4.78 is 39.4. The van der Waals surface area contributed by atoms with Crippen LogP contribution in [0.25, 0.3) is 11.1 Å². The number of hydrogen-bond donors (Lipinski definition) is 3. The lowest BCUT2D eigenvalue weighted by Crippen LogP contribution is -2.46. The molecular weight excluding hydrogens is 469 g/mol. The van der Waals surface area contributed by atoms with Crippen LogP contribution in [0.15, 0.2) is 66.7 Å². The Morgan fingerprint density at radius 1 is 1.17 bits per heavy atom. The Morgan fingerprint density at radius 2 is 1.83 bits per heavy atom. The van der Waals surface area contributed by atoms with Crippen molar-refractivity contribution < 1.29 is 17.6 Å². The van der Waals surface area contributed by atoms with Gasteiger partial charge in [0.2, 0.25) is 15.9 Å². The third-order valence-electron chi connectivity index (χ3n) is 5.52. The molecule has 0 fully saturated rings. The summed E-state index contributed by atoms with van der Waals surface area (Å²) in [6.07, 6.45) is 1.07. The average Bonchev–Trinajstić information content (AvgIpc) is 2.82. The van der Waals surface area contributed by atoms with Crippen molar-refractivity contribution in [1.29, 1.82) is 10.7 Å². The molecule has 1 amide bonds. The number of nitrogens with one attached hydrogen (secondary N) is 2. The van der Waals surface area contributed by atoms with Gasteiger partial charge in [-0.05, 0) is 41.8 Å². The summed E-state index contributed by atoms with van der Waals surface area (Å²) in [5.74, 6) is -1.31. The number of carbonyl (C=O) groups excluding carboxylic acids is 1. The number of amidine groups is 1. The van der Waals surface area contributed by atoms with Crippen LogP contribution in [-0.2, 0) is 21.2 Å². The minimum absolute atomic E-state index is 0.0590. The molecule has 0 aliphatic rings. The van der Waals surface area contributed by atoms with Crippen molar-refractivity contribution in [2.75, 3.05) is 18.6 Å². The normalized spacial score (nSPS) is 12.1. The number of nitrogens with two attached hydrogens (primary N) is 1. The number of rotatable bonds is 8. The van der Waals surface area contributed by atoms with Gasteiger partial charge in [-0.25, -0.2) is 12.8 Å². The second-order valence-electron chi connectivity index (χ2n) is 7.95. The zero-order valence-corrected chi connectivity index (χ0v) is 19.9. The van der Waals surface area contributed by atoms with E-state index < -0.39 is 27.8 Å². The van der Waals surface area contributed by atoms with Crippen LogP contribution < -0.4 is 11.1 Å². The van der Waals surface area contributed by atoms with Crippen molar-refractivity contribution in [1.82, 2.24) is 4.31 Å². The summed E-state index contributed by atoms with van der Waals surface area (Å²) in [5.41, 5.74) is 7.98. The Balaban J connectivity index is 1.86. The largest absolute Gasteiger partial charge is 0.384 e. The van der Waals surface area contributed by atoms with Crippen molar-refractivity contribution in [2.45, 2.75) is 12.5 Å². The number of nitrogens with zero attached hydrogens (tertiary/aromatic N) is 2. The summed E-state index contributed by atoms with van der Waals surface area (Å²) >= 11 is 0. The van der Waals surface area contributed by atoms with E-state index in [4.69, 9.17) is 11.1 Å². The zero-order valence-electron chi connectivity index (χ0n) is 19.1. The predicted molar refractivity (Wildman–Crippen MR) is 133 cm³/mol. The maximum Gasteiger partial charge on any atom is 0.243 e. The molecule has 0 saturated carbocycles. The van der Waals surface area contributed by atoms with E-state index in [-0.39, 0.29) is 17.8 Å². The topological polar surface area (TPSA) is 140 Å². The number of anilines is 1. The van der Waals surface area contributed by atoms with Crippen molar-refractivity contribution in [3.05, 3.63) is 89.2 Å². The molecule has 35 heavy (non-hydrogen) atoms. The van der Waals surface area contributed by atoms with Crippen LogP contribution >= 0.6 is 0 Å². The fraction of sp³-hybridized carbons (Fsp3) is 0.160. The van der Waals surface area contributed by atoms with Gasteiger partial charge < -0.3 is 11.1 Å². The molecule has 0 aliphatic heterocycles. The van der Waals surface area contributed by atoms with Crippen molar-refractivity contribution in [3.8, 4) is 17.2 Å². The van der Waals surface area contributed by atoms with E-state index in [0.717, 1.165) is 10.6 Å². The molecule has 4 N–H and O–H groups in total. The van der Waals surface area contributed by atoms with Crippen molar-refractivity contribution >= 4 is 27.5 Å². The number of hydrogen-bond acceptors (Lipinski definition) is 5. The highest BCUT2D eigenvalue weighted by molar-refractivity contribution is 7.88. The second kappa shape index (κ2) is 10.5. The molecule has 3 rings (SSSR count). The van der Waals surface area contributed by atoms with Gasteiger partial charge in [0.15, 0.2) is 0 Å². The van der Waals surface area contributed by atoms with Crippen LogP contribution in [0.4, 0.5) is 10.1 Å². The quantitative estimate of drug-likeness (QED) is 0.327. The van der Waals surface area contributed by atoms with Crippen LogP contribution in [0.3, 0.4) is 0 Å². The Kier molecular flexibility index (Phi) is 7.64. The van der Waals surface area contributed by atoms with Crippen LogP contribution in [0.2, 0.25) is 0 Å². The van der Waals surface area contributed by atoms with Gasteiger partial charge in [-0.15, -0.1) is 0 Å². The molecule has 3 aromatic rings. The highest BCUT2D eigenvalue weighted by atomic mass is 32.2. The van der Waals surface area contributed by atoms with Gasteiger partial charge in [0.1, 0.15) is 23.8 Å². The van der Waals surface area contributed by atoms with E-state index in [1.807, 2.05) is 6.07 Å². The minimum Gasteiger partial charge on any atom is -0.384 e. The molecule has 180 valence electrons. The van der Waals surface area contributed by atoms with Gasteiger partial charge in [-0.1, -0.05) is 42.5 Å². The summed E-state index contributed by atoms with van der Waals surface area (Å²) in [4.78, 5) is 13.1. The first-order chi connectivity index (χ1) is 16.5. The Bertz CT molecular complexity index is 1420. The lowest BCUT2D eigenvalue weighted by atomic mass is 9.99. The lowest BCUT2D eigenvalue weighted by molar-refractivity contribution is -0.119. The number of carbonyl (C=O) groups is 1. The number of likely N-dealkylation sites (N-methyl/N-ethyl adjacent to an activating group) is 1. The maximum atomic E-state index is 13.9. The second-order valence-corrected chi connectivity index (χ2v) is 10.00. The standard InChI is InChI=1S/C25H24FN5O3S/c1-31(35(2,33)34)23(14-16-5-3-6-18(13-16)24(28)29)25(32)30-19-11-9-17(10-12-19)20-7-4-8-22(26)21(20)15-27/h3-13,23H,14H2,1-2H3,(H3,28,29)(H,30,32)/t23-/m0/s1. The predicted octanol–water partition coefficient (Wildman–Crippen LogP) is 3.09. The van der Waals surface area contributed by atoms with Crippen LogP contribution in [0.1, 0.15) is 16.7 Å². The molecule has 10 heteroatoms. The molecule has 0 bridgehead atoms. The van der Waals surface area contributed by atoms with Gasteiger partial charge in [0.05, 0.1) is 11.8 Å². The van der Waals surface area contributed by atoms with Gasteiger partial charge in [-0.3, -0.25) is 10.2 Å². The molecule has 0 radical (unpaired) electrons. The number of sulfonamides is 1. The van der Waals surface area contributed by atoms with Crippen LogP contribution in [0.5, 0.6) is 0 Å². The van der Waals surface area contributed by atoms with Gasteiger partial charge in [0.25, 0.3) is 0 Å². The molecule has 0 saturated heterocycles. The van der Waals surface area contributed by atoms with Crippen molar-refractivity contribution in [3.63, 3.8) is 0 Å². The average molecular weight is 494 g/mol. The Labute approximate surface area is 203 Å². The highest BCUT2D eigenvalue weighted by Gasteiger charge is 2.29. The first-order valence-electron chi connectivity index (χ1n) is 10.5. The Morgan fingerprint density at radius 3 is 2.43 bits per heavy atom. The lowest BCUT2D eigenvalue weighted by Gasteiger charge is -2.25. The number of amides is 1. The minimum atomic E-state index is -3.70. The fourth-order valence-electron chi connectivity index (χ4n) is 3.54. The summed E-state index contributed by atoms with van der Waals surface area (Å²) in [6, 6.07) is 18.3. The molecule has 0 unspecified atom stereocenters. The third kappa shape index (κ3) is 6.09. The van der Waals surface area contributed by atoms with Crippen LogP contribution in [-0.4, -0.2) is 43.8 Å². The summed E-state index contributed by atoms with van der Waals surface area (Å²) in [5, 5.41) is 19.6. The number of benzene rings is 3. The molecular formula is C25H24FN5O3S. The fourth-order valence-corrected chi connectivity index (χ4v) is 4.18. The third-order valence-corrected chi connectivity index (χ3v) is 6.82. The first kappa shape index (κ1) is 25.6. The molecule has 3 aromatic carbocycles. The maximum absolute atomic E-state index is 13.9. The SMILES string of the molecule is CN([C@@H](Cc1cccc(C(=N)N)c1)C(=O)Nc1ccc(-c2cccc(F)c2C#N)cc1)S(C)(=O)=O. The smallest absolute Gasteiger partial charge is 0.243 e. The van der Waals surface area contributed by atoms with Crippen LogP contribution in [0, 0.1) is 22.6 Å². The molecule has 0 aliphatic carbocycles. The molecule has 1 atom stereocenters. The van der Waals surface area contributed by atoms with Gasteiger partial charge in [-0.2, -0.15) is 9.57 Å². The Hall–Kier alpha value is -4.07. The first-order valence-corrected chi connectivity index (χ1v) is 12.3. The van der Waals surface area contributed by atoms with E-state index >= 15 is 0 Å². The monoisotopic (exact) mass is 493 g/mol. The molecule has 0 aromatic heterocycles. The number of halogens is 1. The van der Waals surface area contributed by atoms with E-state index in [1.54, 1.807) is 54.6 Å². The van der Waals surface area contributed by atoms with Crippen molar-refractivity contribution in [2.24, 2.45) is 5.73 Å². The molecule has 0 spiro atoms. The number of nitrogen functional groups attached to an aromatic ring is 1. The molecule has 0 heterocycles. The summed E-state index contributed by atoms with van der Waals surface area (Å²) in [6.45, 7) is 0. The summed E-state index contributed by atoms with van der Waals surface area (Å²) in [7, 11) is -2.38. The van der Waals surface area contributed by atoms with Gasteiger partial charge in [0, 0.05) is 23.9 Å². The zero-order chi connectivity index (χ0) is 25.8. The van der Waals surface area contributed by atoms with E-state index in [2.05, 4.69) is 5.32 Å². The van der Waals surface area contributed by atoms with E-state index in [9.17, 15) is 22.9 Å². The number of nitriles is 1. The molecule has 8 nitrogen and oxygen atoms in total.